The lowest BCUT2D eigenvalue weighted by Gasteiger charge is -2.33. The highest BCUT2D eigenvalue weighted by Crippen LogP contribution is 2.37. The van der Waals surface area contributed by atoms with Gasteiger partial charge >= 0.3 is 18.3 Å². The van der Waals surface area contributed by atoms with Crippen LogP contribution in [-0.2, 0) is 4.74 Å². The summed E-state index contributed by atoms with van der Waals surface area (Å²) in [5.41, 5.74) is 0. The predicted octanol–water partition coefficient (Wildman–Crippen LogP) is 2.15. The van der Waals surface area contributed by atoms with Crippen molar-refractivity contribution in [2.24, 2.45) is 5.92 Å². The van der Waals surface area contributed by atoms with Crippen molar-refractivity contribution in [2.75, 3.05) is 19.7 Å². The summed E-state index contributed by atoms with van der Waals surface area (Å²) < 4.78 is 43.2. The van der Waals surface area contributed by atoms with E-state index in [2.05, 4.69) is 20.7 Å². The molecule has 1 aliphatic rings. The minimum Gasteiger partial charge on any atom is -0.450 e. The summed E-state index contributed by atoms with van der Waals surface area (Å²) >= 11 is 0. The van der Waals surface area contributed by atoms with E-state index in [0.717, 1.165) is 0 Å². The standard InChI is InChI=1S/C13H22F3N3O3/c1-2-22-12(21)18-8-7-17-11(20)19-10-6-4-3-5-9(10)13(14,15)16/h9-10H,2-8H2,1H3,(H,18,21)(H2,17,19,20)/t9-,10+/m0/s1. The molecule has 1 fully saturated rings. The van der Waals surface area contributed by atoms with Gasteiger partial charge in [-0.2, -0.15) is 13.2 Å². The Kier molecular flexibility index (Phi) is 7.26. The Morgan fingerprint density at radius 2 is 1.77 bits per heavy atom. The summed E-state index contributed by atoms with van der Waals surface area (Å²) in [6.45, 7) is 2.14. The molecule has 0 radical (unpaired) electrons. The molecule has 6 nitrogen and oxygen atoms in total. The van der Waals surface area contributed by atoms with Crippen LogP contribution in [0.25, 0.3) is 0 Å². The molecule has 1 aliphatic carbocycles. The molecule has 0 aromatic carbocycles. The van der Waals surface area contributed by atoms with Crippen LogP contribution in [0.3, 0.4) is 0 Å². The number of carbonyl (C=O) groups excluding carboxylic acids is 2. The van der Waals surface area contributed by atoms with Crippen LogP contribution in [0.2, 0.25) is 0 Å². The molecule has 22 heavy (non-hydrogen) atoms. The molecule has 1 saturated carbocycles. The first-order valence-electron chi connectivity index (χ1n) is 7.36. The molecule has 9 heteroatoms. The van der Waals surface area contributed by atoms with Gasteiger partial charge < -0.3 is 20.7 Å². The first kappa shape index (κ1) is 18.4. The molecule has 3 amide bonds. The second-order valence-corrected chi connectivity index (χ2v) is 5.09. The monoisotopic (exact) mass is 325 g/mol. The van der Waals surface area contributed by atoms with E-state index in [1.54, 1.807) is 6.92 Å². The maximum Gasteiger partial charge on any atom is 0.407 e. The molecule has 0 spiro atoms. The zero-order valence-electron chi connectivity index (χ0n) is 12.5. The van der Waals surface area contributed by atoms with Gasteiger partial charge in [0.2, 0.25) is 0 Å². The van der Waals surface area contributed by atoms with Gasteiger partial charge in [0.25, 0.3) is 0 Å². The Hall–Kier alpha value is -1.67. The van der Waals surface area contributed by atoms with Crippen molar-refractivity contribution in [1.82, 2.24) is 16.0 Å². The topological polar surface area (TPSA) is 79.5 Å². The first-order valence-corrected chi connectivity index (χ1v) is 7.36. The van der Waals surface area contributed by atoms with Crippen LogP contribution in [0.1, 0.15) is 32.6 Å². The lowest BCUT2D eigenvalue weighted by molar-refractivity contribution is -0.187. The van der Waals surface area contributed by atoms with Gasteiger partial charge in [-0.25, -0.2) is 9.59 Å². The second-order valence-electron chi connectivity index (χ2n) is 5.09. The number of alkyl carbamates (subject to hydrolysis) is 1. The summed E-state index contributed by atoms with van der Waals surface area (Å²) in [4.78, 5) is 22.6. The summed E-state index contributed by atoms with van der Waals surface area (Å²) in [5.74, 6) is -1.50. The maximum atomic E-state index is 12.9. The Morgan fingerprint density at radius 3 is 2.41 bits per heavy atom. The van der Waals surface area contributed by atoms with Gasteiger partial charge in [-0.3, -0.25) is 0 Å². The number of halogens is 3. The molecule has 0 bridgehead atoms. The molecule has 0 aromatic rings. The summed E-state index contributed by atoms with van der Waals surface area (Å²) in [6, 6.07) is -1.56. The number of ether oxygens (including phenoxy) is 1. The van der Waals surface area contributed by atoms with Crippen LogP contribution in [0.15, 0.2) is 0 Å². The lowest BCUT2D eigenvalue weighted by atomic mass is 9.84. The van der Waals surface area contributed by atoms with E-state index >= 15 is 0 Å². The van der Waals surface area contributed by atoms with Crippen molar-refractivity contribution in [1.29, 1.82) is 0 Å². The summed E-state index contributed by atoms with van der Waals surface area (Å²) in [7, 11) is 0. The van der Waals surface area contributed by atoms with E-state index in [0.29, 0.717) is 19.3 Å². The third kappa shape index (κ3) is 6.40. The number of hydrogen-bond acceptors (Lipinski definition) is 3. The smallest absolute Gasteiger partial charge is 0.407 e. The fraction of sp³-hybridized carbons (Fsp3) is 0.846. The highest BCUT2D eigenvalue weighted by atomic mass is 19.4. The van der Waals surface area contributed by atoms with Crippen molar-refractivity contribution in [3.63, 3.8) is 0 Å². The average molecular weight is 325 g/mol. The number of rotatable bonds is 5. The van der Waals surface area contributed by atoms with Gasteiger partial charge in [-0.1, -0.05) is 12.8 Å². The van der Waals surface area contributed by atoms with Crippen molar-refractivity contribution in [3.8, 4) is 0 Å². The Balaban J connectivity index is 2.29. The van der Waals surface area contributed by atoms with E-state index < -0.39 is 30.3 Å². The highest BCUT2D eigenvalue weighted by Gasteiger charge is 2.45. The fourth-order valence-corrected chi connectivity index (χ4v) is 2.44. The Labute approximate surface area is 127 Å². The lowest BCUT2D eigenvalue weighted by Crippen LogP contribution is -2.51. The van der Waals surface area contributed by atoms with Crippen LogP contribution in [0.4, 0.5) is 22.8 Å². The molecular formula is C13H22F3N3O3. The largest absolute Gasteiger partial charge is 0.450 e. The van der Waals surface area contributed by atoms with Crippen LogP contribution >= 0.6 is 0 Å². The van der Waals surface area contributed by atoms with Crippen molar-refractivity contribution >= 4 is 12.1 Å². The molecule has 0 aromatic heterocycles. The van der Waals surface area contributed by atoms with Gasteiger partial charge in [0.1, 0.15) is 0 Å². The molecule has 0 heterocycles. The molecule has 0 saturated heterocycles. The molecule has 0 unspecified atom stereocenters. The molecule has 128 valence electrons. The number of urea groups is 1. The normalized spacial score (nSPS) is 21.8. The highest BCUT2D eigenvalue weighted by molar-refractivity contribution is 5.74. The first-order chi connectivity index (χ1) is 10.3. The SMILES string of the molecule is CCOC(=O)NCCNC(=O)N[C@@H]1CCCC[C@@H]1C(F)(F)F. The maximum absolute atomic E-state index is 12.9. The zero-order chi connectivity index (χ0) is 16.6. The number of carbonyl (C=O) groups is 2. The molecule has 2 atom stereocenters. The van der Waals surface area contributed by atoms with Gasteiger partial charge in [0, 0.05) is 19.1 Å². The number of nitrogens with one attached hydrogen (secondary N) is 3. The summed E-state index contributed by atoms with van der Waals surface area (Å²) in [6.07, 6.45) is -3.36. The van der Waals surface area contributed by atoms with Crippen LogP contribution in [-0.4, -0.2) is 44.0 Å². The van der Waals surface area contributed by atoms with Gasteiger partial charge in [-0.15, -0.1) is 0 Å². The zero-order valence-corrected chi connectivity index (χ0v) is 12.5. The van der Waals surface area contributed by atoms with Crippen molar-refractivity contribution in [3.05, 3.63) is 0 Å². The van der Waals surface area contributed by atoms with E-state index in [4.69, 9.17) is 0 Å². The van der Waals surface area contributed by atoms with Gasteiger partial charge in [0.05, 0.1) is 12.5 Å². The number of alkyl halides is 3. The molecule has 0 aliphatic heterocycles. The molecule has 3 N–H and O–H groups in total. The van der Waals surface area contributed by atoms with Gasteiger partial charge in [-0.05, 0) is 19.8 Å². The van der Waals surface area contributed by atoms with E-state index in [1.807, 2.05) is 0 Å². The summed E-state index contributed by atoms with van der Waals surface area (Å²) in [5, 5.41) is 7.18. The minimum atomic E-state index is -4.30. The average Bonchev–Trinajstić information content (AvgIpc) is 2.43. The number of amides is 3. The fourth-order valence-electron chi connectivity index (χ4n) is 2.44. The van der Waals surface area contributed by atoms with Crippen molar-refractivity contribution < 1.29 is 27.5 Å². The molecule has 1 rings (SSSR count). The van der Waals surface area contributed by atoms with Crippen LogP contribution in [0.5, 0.6) is 0 Å². The third-order valence-electron chi connectivity index (χ3n) is 3.46. The van der Waals surface area contributed by atoms with Crippen molar-refractivity contribution in [2.45, 2.75) is 44.8 Å². The van der Waals surface area contributed by atoms with E-state index in [9.17, 15) is 22.8 Å². The van der Waals surface area contributed by atoms with Crippen LogP contribution < -0.4 is 16.0 Å². The molecular weight excluding hydrogens is 303 g/mol. The van der Waals surface area contributed by atoms with Gasteiger partial charge in [0.15, 0.2) is 0 Å². The third-order valence-corrected chi connectivity index (χ3v) is 3.46. The van der Waals surface area contributed by atoms with Crippen LogP contribution in [0, 0.1) is 5.92 Å². The van der Waals surface area contributed by atoms with E-state index in [-0.39, 0.29) is 26.1 Å². The quantitative estimate of drug-likeness (QED) is 0.678. The minimum absolute atomic E-state index is 0.0405. The second kappa shape index (κ2) is 8.70. The predicted molar refractivity (Wildman–Crippen MR) is 73.4 cm³/mol. The van der Waals surface area contributed by atoms with E-state index in [1.165, 1.54) is 0 Å². The Morgan fingerprint density at radius 1 is 1.14 bits per heavy atom. The Bertz CT molecular complexity index is 377. The number of hydrogen-bond donors (Lipinski definition) is 3.